The maximum Gasteiger partial charge on any atom is 0.338 e. The number of methoxy groups -OCH3 is 1. The normalized spacial score (nSPS) is 9.11. The van der Waals surface area contributed by atoms with Gasteiger partial charge >= 0.3 is 5.97 Å². The number of ether oxygens (including phenoxy) is 1. The molecule has 0 radical (unpaired) electrons. The second-order valence-electron chi connectivity index (χ2n) is 3.43. The van der Waals surface area contributed by atoms with Crippen molar-refractivity contribution in [2.45, 2.75) is 6.42 Å². The molecule has 0 bridgehead atoms. The SMILES string of the molecule is COC(=O)c1ccc(C#CCC(N)=O)c([N+](=O)[O-])c1. The summed E-state index contributed by atoms with van der Waals surface area (Å²) in [5, 5.41) is 10.9. The minimum absolute atomic E-state index is 0.0506. The third-order valence-electron chi connectivity index (χ3n) is 2.10. The monoisotopic (exact) mass is 262 g/mol. The van der Waals surface area contributed by atoms with Gasteiger partial charge in [0.2, 0.25) is 5.91 Å². The maximum atomic E-state index is 11.3. The summed E-state index contributed by atoms with van der Waals surface area (Å²) >= 11 is 0. The number of nitrogens with zero attached hydrogens (tertiary/aromatic N) is 1. The molecule has 7 nitrogen and oxygen atoms in total. The van der Waals surface area contributed by atoms with Crippen molar-refractivity contribution in [2.75, 3.05) is 7.11 Å². The lowest BCUT2D eigenvalue weighted by molar-refractivity contribution is -0.385. The Morgan fingerprint density at radius 1 is 1.47 bits per heavy atom. The Morgan fingerprint density at radius 3 is 2.68 bits per heavy atom. The van der Waals surface area contributed by atoms with E-state index in [2.05, 4.69) is 16.6 Å². The van der Waals surface area contributed by atoms with Crippen LogP contribution in [0.1, 0.15) is 22.3 Å². The second kappa shape index (κ2) is 6.16. The molecular formula is C12H10N2O5. The number of hydrogen-bond acceptors (Lipinski definition) is 5. The lowest BCUT2D eigenvalue weighted by Gasteiger charge is -2.00. The van der Waals surface area contributed by atoms with Gasteiger partial charge in [0, 0.05) is 6.07 Å². The topological polar surface area (TPSA) is 113 Å². The van der Waals surface area contributed by atoms with Crippen LogP contribution in [0, 0.1) is 22.0 Å². The van der Waals surface area contributed by atoms with E-state index < -0.39 is 16.8 Å². The van der Waals surface area contributed by atoms with Crippen molar-refractivity contribution >= 4 is 17.6 Å². The van der Waals surface area contributed by atoms with Gasteiger partial charge in [0.05, 0.1) is 24.0 Å². The van der Waals surface area contributed by atoms with Crippen LogP contribution in [0.5, 0.6) is 0 Å². The molecule has 0 aliphatic carbocycles. The third kappa shape index (κ3) is 3.81. The molecule has 0 fully saturated rings. The maximum absolute atomic E-state index is 11.3. The van der Waals surface area contributed by atoms with Gasteiger partial charge in [-0.1, -0.05) is 11.8 Å². The molecule has 1 amide bonds. The van der Waals surface area contributed by atoms with Gasteiger partial charge in [0.1, 0.15) is 5.56 Å². The fourth-order valence-electron chi connectivity index (χ4n) is 1.26. The second-order valence-corrected chi connectivity index (χ2v) is 3.43. The highest BCUT2D eigenvalue weighted by molar-refractivity contribution is 5.90. The van der Waals surface area contributed by atoms with Crippen LogP contribution in [0.15, 0.2) is 18.2 Å². The number of hydrogen-bond donors (Lipinski definition) is 1. The molecule has 0 atom stereocenters. The zero-order chi connectivity index (χ0) is 14.4. The Morgan fingerprint density at radius 2 is 2.16 bits per heavy atom. The number of carbonyl (C=O) groups is 2. The quantitative estimate of drug-likeness (QED) is 0.371. The van der Waals surface area contributed by atoms with Gasteiger partial charge in [0.25, 0.3) is 5.69 Å². The third-order valence-corrected chi connectivity index (χ3v) is 2.10. The van der Waals surface area contributed by atoms with Gasteiger partial charge in [0.15, 0.2) is 0 Å². The Labute approximate surface area is 108 Å². The molecule has 0 saturated heterocycles. The van der Waals surface area contributed by atoms with Gasteiger partial charge in [-0.15, -0.1) is 0 Å². The first kappa shape index (κ1) is 14.2. The average molecular weight is 262 g/mol. The first-order chi connectivity index (χ1) is 8.95. The zero-order valence-electron chi connectivity index (χ0n) is 10.0. The fourth-order valence-corrected chi connectivity index (χ4v) is 1.26. The highest BCUT2D eigenvalue weighted by Gasteiger charge is 2.16. The summed E-state index contributed by atoms with van der Waals surface area (Å²) in [5.41, 5.74) is 4.71. The number of nitro groups is 1. The molecule has 19 heavy (non-hydrogen) atoms. The highest BCUT2D eigenvalue weighted by Crippen LogP contribution is 2.20. The van der Waals surface area contributed by atoms with E-state index in [9.17, 15) is 19.7 Å². The molecule has 0 saturated carbocycles. The summed E-state index contributed by atoms with van der Waals surface area (Å²) < 4.78 is 4.46. The van der Waals surface area contributed by atoms with Crippen LogP contribution in [-0.2, 0) is 9.53 Å². The lowest BCUT2D eigenvalue weighted by Crippen LogP contribution is -2.08. The fraction of sp³-hybridized carbons (Fsp3) is 0.167. The summed E-state index contributed by atoms with van der Waals surface area (Å²) in [6, 6.07) is 3.74. The van der Waals surface area contributed by atoms with Gasteiger partial charge in [-0.25, -0.2) is 4.79 Å². The van der Waals surface area contributed by atoms with Crippen molar-refractivity contribution in [1.29, 1.82) is 0 Å². The molecule has 0 spiro atoms. The molecule has 98 valence electrons. The van der Waals surface area contributed by atoms with E-state index in [1.54, 1.807) is 0 Å². The predicted molar refractivity (Wildman–Crippen MR) is 65.1 cm³/mol. The Bertz CT molecular complexity index is 598. The van der Waals surface area contributed by atoms with E-state index >= 15 is 0 Å². The Hall–Kier alpha value is -2.88. The van der Waals surface area contributed by atoms with Gasteiger partial charge in [-0.3, -0.25) is 14.9 Å². The van der Waals surface area contributed by atoms with E-state index in [1.165, 1.54) is 19.2 Å². The number of nitro benzene ring substituents is 1. The molecule has 7 heteroatoms. The van der Waals surface area contributed by atoms with Gasteiger partial charge < -0.3 is 10.5 Å². The van der Waals surface area contributed by atoms with Crippen LogP contribution in [0.2, 0.25) is 0 Å². The molecule has 0 aliphatic heterocycles. The van der Waals surface area contributed by atoms with Gasteiger partial charge in [-0.05, 0) is 12.1 Å². The van der Waals surface area contributed by atoms with E-state index in [-0.39, 0.29) is 23.2 Å². The Balaban J connectivity index is 3.18. The van der Waals surface area contributed by atoms with Crippen molar-refractivity contribution in [3.05, 3.63) is 39.4 Å². The van der Waals surface area contributed by atoms with Crippen LogP contribution in [0.25, 0.3) is 0 Å². The summed E-state index contributed by atoms with van der Waals surface area (Å²) in [4.78, 5) is 32.0. The molecule has 0 aliphatic rings. The number of primary amides is 1. The van der Waals surface area contributed by atoms with Crippen molar-refractivity contribution in [3.8, 4) is 11.8 Å². The Kier molecular flexibility index (Phi) is 4.60. The molecule has 2 N–H and O–H groups in total. The molecule has 0 heterocycles. The number of nitrogens with two attached hydrogens (primary N) is 1. The molecule has 1 rings (SSSR count). The van der Waals surface area contributed by atoms with Crippen LogP contribution in [-0.4, -0.2) is 23.9 Å². The van der Waals surface area contributed by atoms with E-state index in [0.29, 0.717) is 0 Å². The highest BCUT2D eigenvalue weighted by atomic mass is 16.6. The standard InChI is InChI=1S/C12H10N2O5/c1-19-12(16)9-6-5-8(3-2-4-11(13)15)10(7-9)14(17)18/h5-7H,4H2,1H3,(H2,13,15). The first-order valence-corrected chi connectivity index (χ1v) is 5.09. The number of amides is 1. The molecule has 0 unspecified atom stereocenters. The van der Waals surface area contributed by atoms with Crippen LogP contribution >= 0.6 is 0 Å². The van der Waals surface area contributed by atoms with Crippen molar-refractivity contribution in [3.63, 3.8) is 0 Å². The average Bonchev–Trinajstić information content (AvgIpc) is 2.37. The molecule has 1 aromatic rings. The minimum Gasteiger partial charge on any atom is -0.465 e. The molecule has 1 aromatic carbocycles. The number of benzene rings is 1. The van der Waals surface area contributed by atoms with Crippen molar-refractivity contribution in [2.24, 2.45) is 5.73 Å². The lowest BCUT2D eigenvalue weighted by atomic mass is 10.1. The molecule has 0 aromatic heterocycles. The summed E-state index contributed by atoms with van der Waals surface area (Å²) in [5.74, 6) is 3.57. The predicted octanol–water partition coefficient (Wildman–Crippen LogP) is 0.608. The van der Waals surface area contributed by atoms with Gasteiger partial charge in [-0.2, -0.15) is 0 Å². The van der Waals surface area contributed by atoms with E-state index in [4.69, 9.17) is 5.73 Å². The smallest absolute Gasteiger partial charge is 0.338 e. The zero-order valence-corrected chi connectivity index (χ0v) is 10.0. The number of rotatable bonds is 3. The number of esters is 1. The van der Waals surface area contributed by atoms with Crippen LogP contribution in [0.4, 0.5) is 5.69 Å². The summed E-state index contributed by atoms with van der Waals surface area (Å²) in [7, 11) is 1.18. The summed E-state index contributed by atoms with van der Waals surface area (Å²) in [6.45, 7) is 0. The van der Waals surface area contributed by atoms with Crippen LogP contribution < -0.4 is 5.73 Å². The van der Waals surface area contributed by atoms with Crippen molar-refractivity contribution < 1.29 is 19.2 Å². The number of carbonyl (C=O) groups excluding carboxylic acids is 2. The minimum atomic E-state index is -0.681. The largest absolute Gasteiger partial charge is 0.465 e. The van der Waals surface area contributed by atoms with E-state index in [1.807, 2.05) is 0 Å². The first-order valence-electron chi connectivity index (χ1n) is 5.09. The van der Waals surface area contributed by atoms with Crippen LogP contribution in [0.3, 0.4) is 0 Å². The van der Waals surface area contributed by atoms with E-state index in [0.717, 1.165) is 6.07 Å². The summed E-state index contributed by atoms with van der Waals surface area (Å²) in [6.07, 6.45) is -0.199. The molecular weight excluding hydrogens is 252 g/mol. The van der Waals surface area contributed by atoms with Crippen molar-refractivity contribution in [1.82, 2.24) is 0 Å².